The molecule has 3 heterocycles. The number of benzene rings is 2. The van der Waals surface area contributed by atoms with Crippen LogP contribution in [0.2, 0.25) is 18.1 Å². The number of halogens is 1. The smallest absolute Gasteiger partial charge is 0.410 e. The van der Waals surface area contributed by atoms with Crippen molar-refractivity contribution in [1.29, 1.82) is 0 Å². The molecule has 1 unspecified atom stereocenters. The molecule has 262 valence electrons. The highest BCUT2D eigenvalue weighted by Crippen LogP contribution is 2.38. The van der Waals surface area contributed by atoms with E-state index in [1.165, 1.54) is 6.07 Å². The Morgan fingerprint density at radius 2 is 1.61 bits per heavy atom. The summed E-state index contributed by atoms with van der Waals surface area (Å²) < 4.78 is 29.2. The van der Waals surface area contributed by atoms with Crippen molar-refractivity contribution < 1.29 is 23.1 Å². The molecule has 4 aromatic rings. The number of hydrogen-bond acceptors (Lipinski definition) is 4. The number of rotatable bonds is 8. The van der Waals surface area contributed by atoms with Gasteiger partial charge in [-0.2, -0.15) is 0 Å². The van der Waals surface area contributed by atoms with Crippen molar-refractivity contribution in [2.75, 3.05) is 26.2 Å². The first-order valence-corrected chi connectivity index (χ1v) is 20.2. The Morgan fingerprint density at radius 3 is 2.29 bits per heavy atom. The van der Waals surface area contributed by atoms with Crippen molar-refractivity contribution >= 4 is 25.8 Å². The van der Waals surface area contributed by atoms with Gasteiger partial charge in [0, 0.05) is 44.4 Å². The zero-order valence-electron chi connectivity index (χ0n) is 30.6. The van der Waals surface area contributed by atoms with Gasteiger partial charge in [-0.15, -0.1) is 0 Å². The van der Waals surface area contributed by atoms with E-state index in [4.69, 9.17) is 9.16 Å². The molecule has 1 atom stereocenters. The minimum Gasteiger partial charge on any atom is -0.444 e. The maximum atomic E-state index is 14.9. The zero-order chi connectivity index (χ0) is 35.7. The molecule has 9 heteroatoms. The Bertz CT molecular complexity index is 1810. The van der Waals surface area contributed by atoms with E-state index in [2.05, 4.69) is 46.0 Å². The summed E-state index contributed by atoms with van der Waals surface area (Å²) in [5, 5.41) is 0.0510. The van der Waals surface area contributed by atoms with E-state index in [-0.39, 0.29) is 28.9 Å². The van der Waals surface area contributed by atoms with Gasteiger partial charge in [-0.25, -0.2) is 9.18 Å². The summed E-state index contributed by atoms with van der Waals surface area (Å²) in [5.41, 5.74) is 5.02. The summed E-state index contributed by atoms with van der Waals surface area (Å²) in [6.45, 7) is 20.0. The highest BCUT2D eigenvalue weighted by molar-refractivity contribution is 6.74. The van der Waals surface area contributed by atoms with Gasteiger partial charge in [0.2, 0.25) is 0 Å². The van der Waals surface area contributed by atoms with Gasteiger partial charge in [0.25, 0.3) is 5.91 Å². The summed E-state index contributed by atoms with van der Waals surface area (Å²) in [6.07, 6.45) is 2.52. The zero-order valence-corrected chi connectivity index (χ0v) is 31.6. The van der Waals surface area contributed by atoms with E-state index in [9.17, 15) is 14.0 Å². The molecule has 5 rings (SSSR count). The van der Waals surface area contributed by atoms with Crippen LogP contribution in [0, 0.1) is 12.7 Å². The van der Waals surface area contributed by atoms with Crippen LogP contribution < -0.4 is 0 Å². The predicted octanol–water partition coefficient (Wildman–Crippen LogP) is 9.12. The lowest BCUT2D eigenvalue weighted by Crippen LogP contribution is -2.58. The Kier molecular flexibility index (Phi) is 10.5. The highest BCUT2D eigenvalue weighted by atomic mass is 28.4. The second-order valence-electron chi connectivity index (χ2n) is 15.7. The third-order valence-electron chi connectivity index (χ3n) is 10.1. The van der Waals surface area contributed by atoms with Gasteiger partial charge >= 0.3 is 6.09 Å². The summed E-state index contributed by atoms with van der Waals surface area (Å²) in [7, 11) is -2.03. The van der Waals surface area contributed by atoms with Crippen LogP contribution in [-0.4, -0.2) is 72.4 Å². The van der Waals surface area contributed by atoms with E-state index in [1.807, 2.05) is 78.7 Å². The Morgan fingerprint density at radius 1 is 0.918 bits per heavy atom. The SMILES string of the molecule is Cc1c(F)cccc1Cc1c(-c2ccccc2)c2ccccn2c1C(=O)N1CCN(C(=O)OC(C)(C)C)C(CCO[Si](C)(C)C(C)(C)C)C1. The molecule has 1 fully saturated rings. The Labute approximate surface area is 292 Å². The number of hydrogen-bond donors (Lipinski definition) is 0. The van der Waals surface area contributed by atoms with Gasteiger partial charge in [-0.3, -0.25) is 4.79 Å². The van der Waals surface area contributed by atoms with E-state index in [1.54, 1.807) is 17.9 Å². The molecule has 0 saturated carbocycles. The number of carbonyl (C=O) groups is 2. The van der Waals surface area contributed by atoms with Gasteiger partial charge in [-0.1, -0.05) is 69.3 Å². The molecule has 1 aliphatic rings. The monoisotopic (exact) mass is 685 g/mol. The van der Waals surface area contributed by atoms with E-state index >= 15 is 0 Å². The average molecular weight is 686 g/mol. The molecule has 2 amide bonds. The number of aromatic nitrogens is 1. The van der Waals surface area contributed by atoms with Crippen molar-refractivity contribution in [2.45, 2.75) is 91.1 Å². The number of piperazine rings is 1. The number of pyridine rings is 1. The summed E-state index contributed by atoms with van der Waals surface area (Å²) in [4.78, 5) is 32.0. The minimum absolute atomic E-state index is 0.0510. The summed E-state index contributed by atoms with van der Waals surface area (Å²) >= 11 is 0. The molecule has 0 radical (unpaired) electrons. The van der Waals surface area contributed by atoms with Crippen LogP contribution in [0.5, 0.6) is 0 Å². The lowest BCUT2D eigenvalue weighted by atomic mass is 9.93. The second kappa shape index (κ2) is 14.1. The van der Waals surface area contributed by atoms with E-state index < -0.39 is 13.9 Å². The molecule has 2 aromatic heterocycles. The van der Waals surface area contributed by atoms with Gasteiger partial charge in [0.1, 0.15) is 17.1 Å². The topological polar surface area (TPSA) is 63.5 Å². The van der Waals surface area contributed by atoms with Gasteiger partial charge in [0.05, 0.1) is 11.6 Å². The molecule has 1 saturated heterocycles. The molecule has 0 spiro atoms. The summed E-state index contributed by atoms with van der Waals surface area (Å²) in [6, 6.07) is 20.8. The molecule has 49 heavy (non-hydrogen) atoms. The maximum Gasteiger partial charge on any atom is 0.410 e. The van der Waals surface area contributed by atoms with Gasteiger partial charge in [0.15, 0.2) is 8.32 Å². The van der Waals surface area contributed by atoms with Crippen LogP contribution in [0.1, 0.15) is 75.1 Å². The molecule has 0 aliphatic carbocycles. The first-order chi connectivity index (χ1) is 23.0. The number of ether oxygens (including phenoxy) is 1. The predicted molar refractivity (Wildman–Crippen MR) is 197 cm³/mol. The van der Waals surface area contributed by atoms with Crippen LogP contribution in [0.15, 0.2) is 72.9 Å². The van der Waals surface area contributed by atoms with Gasteiger partial charge < -0.3 is 23.4 Å². The van der Waals surface area contributed by atoms with Crippen molar-refractivity contribution in [3.63, 3.8) is 0 Å². The molecular formula is C40H52FN3O4Si. The first kappa shape index (κ1) is 36.3. The standard InChI is InChI=1S/C40H52FN3O4Si/c1-28-30(18-15-19-33(28)41)26-32-35(29-16-11-10-12-17-29)34-20-13-14-22-44(34)36(32)37(45)42-23-24-43(38(46)48-39(2,3)4)31(27-42)21-25-47-49(8,9)40(5,6)7/h10-20,22,31H,21,23-27H2,1-9H3. The van der Waals surface area contributed by atoms with Crippen molar-refractivity contribution in [3.05, 3.63) is 101 Å². The maximum absolute atomic E-state index is 14.9. The number of nitrogens with zero attached hydrogens (tertiary/aromatic N) is 3. The number of fused-ring (bicyclic) bond motifs is 1. The second-order valence-corrected chi connectivity index (χ2v) is 20.5. The van der Waals surface area contributed by atoms with Gasteiger partial charge in [-0.05, 0) is 92.7 Å². The van der Waals surface area contributed by atoms with E-state index in [0.717, 1.165) is 27.8 Å². The fraction of sp³-hybridized carbons (Fsp3) is 0.450. The van der Waals surface area contributed by atoms with Crippen LogP contribution in [0.3, 0.4) is 0 Å². The largest absolute Gasteiger partial charge is 0.444 e. The lowest BCUT2D eigenvalue weighted by Gasteiger charge is -2.42. The summed E-state index contributed by atoms with van der Waals surface area (Å²) in [5.74, 6) is -0.386. The third-order valence-corrected chi connectivity index (χ3v) is 14.6. The fourth-order valence-corrected chi connectivity index (χ4v) is 7.35. The molecule has 0 bridgehead atoms. The molecule has 0 N–H and O–H groups in total. The van der Waals surface area contributed by atoms with Crippen molar-refractivity contribution in [1.82, 2.24) is 14.2 Å². The van der Waals surface area contributed by atoms with Crippen molar-refractivity contribution in [2.24, 2.45) is 0 Å². The van der Waals surface area contributed by atoms with Crippen LogP contribution in [-0.2, 0) is 15.6 Å². The Hall–Kier alpha value is -3.95. The Balaban J connectivity index is 1.55. The fourth-order valence-electron chi connectivity index (χ4n) is 6.29. The quantitative estimate of drug-likeness (QED) is 0.174. The van der Waals surface area contributed by atoms with Crippen LogP contribution in [0.4, 0.5) is 9.18 Å². The average Bonchev–Trinajstić information content (AvgIpc) is 3.35. The lowest BCUT2D eigenvalue weighted by molar-refractivity contribution is -0.00391. The minimum atomic E-state index is -2.03. The number of carbonyl (C=O) groups excluding carboxylic acids is 2. The molecule has 2 aromatic carbocycles. The molecular weight excluding hydrogens is 634 g/mol. The van der Waals surface area contributed by atoms with Crippen LogP contribution >= 0.6 is 0 Å². The third kappa shape index (κ3) is 7.94. The molecule has 1 aliphatic heterocycles. The van der Waals surface area contributed by atoms with Crippen molar-refractivity contribution in [3.8, 4) is 11.1 Å². The van der Waals surface area contributed by atoms with Crippen LogP contribution in [0.25, 0.3) is 16.6 Å². The van der Waals surface area contributed by atoms with E-state index in [0.29, 0.717) is 50.3 Å². The first-order valence-electron chi connectivity index (χ1n) is 17.3. The normalized spacial score (nSPS) is 15.9. The number of amides is 2. The molecule has 7 nitrogen and oxygen atoms in total. The highest BCUT2D eigenvalue weighted by Gasteiger charge is 2.40.